The Labute approximate surface area is 95.9 Å². The monoisotopic (exact) mass is 213 g/mol. The van der Waals surface area contributed by atoms with E-state index < -0.39 is 0 Å². The van der Waals surface area contributed by atoms with Gasteiger partial charge in [0.2, 0.25) is 19.8 Å². The van der Waals surface area contributed by atoms with Gasteiger partial charge < -0.3 is 4.81 Å². The van der Waals surface area contributed by atoms with Crippen LogP contribution >= 0.6 is 0 Å². The van der Waals surface area contributed by atoms with E-state index in [4.69, 9.17) is 7.98 Å². The van der Waals surface area contributed by atoms with Crippen molar-refractivity contribution < 1.29 is 9.59 Å². The minimum absolute atomic E-state index is 0.0546. The van der Waals surface area contributed by atoms with E-state index in [0.29, 0.717) is 6.42 Å². The molecule has 1 saturated heterocycles. The number of carbonyl (C=O) groups excluding carboxylic acids is 2. The summed E-state index contributed by atoms with van der Waals surface area (Å²) < 4.78 is 0. The predicted molar refractivity (Wildman–Crippen MR) is 60.6 cm³/mol. The van der Waals surface area contributed by atoms with Crippen LogP contribution in [0.2, 0.25) is 0 Å². The fraction of sp³-hybridized carbons (Fsp3) is 0.333. The van der Waals surface area contributed by atoms with E-state index in [2.05, 4.69) is 0 Å². The van der Waals surface area contributed by atoms with Gasteiger partial charge in [-0.1, -0.05) is 37.3 Å². The summed E-state index contributed by atoms with van der Waals surface area (Å²) in [7, 11) is 5.39. The minimum Gasteiger partial charge on any atom is -0.340 e. The Morgan fingerprint density at radius 1 is 1.25 bits per heavy atom. The van der Waals surface area contributed by atoms with Gasteiger partial charge in [0.15, 0.2) is 0 Å². The van der Waals surface area contributed by atoms with E-state index in [0.717, 1.165) is 10.4 Å². The van der Waals surface area contributed by atoms with Crippen molar-refractivity contribution in [3.05, 3.63) is 35.9 Å². The molecule has 1 aliphatic heterocycles. The molecule has 16 heavy (non-hydrogen) atoms. The number of carbonyl (C=O) groups is 2. The number of rotatable bonds is 1. The maximum absolute atomic E-state index is 11.7. The Hall–Kier alpha value is -1.58. The summed E-state index contributed by atoms with van der Waals surface area (Å²) in [6.07, 6.45) is 0.299. The summed E-state index contributed by atoms with van der Waals surface area (Å²) in [4.78, 5) is 24.0. The number of amides is 2. The number of benzene rings is 1. The molecule has 1 aromatic rings. The minimum atomic E-state index is -0.308. The Balaban J connectivity index is 2.30. The lowest BCUT2D eigenvalue weighted by Crippen LogP contribution is -2.45. The van der Waals surface area contributed by atoms with Gasteiger partial charge in [-0.05, 0) is 5.56 Å². The van der Waals surface area contributed by atoms with Crippen LogP contribution in [0.1, 0.15) is 24.8 Å². The standard InChI is InChI=1S/C12H12BNO2/c1-8-10(9-5-3-2-4-6-9)7-11(15)14(13)12(8)16/h2-6,8,10H,7H2,1H3. The van der Waals surface area contributed by atoms with Gasteiger partial charge >= 0.3 is 0 Å². The van der Waals surface area contributed by atoms with Crippen molar-refractivity contribution in [3.63, 3.8) is 0 Å². The fourth-order valence-electron chi connectivity index (χ4n) is 2.08. The molecule has 80 valence electrons. The first-order chi connectivity index (χ1) is 7.61. The molecule has 0 spiro atoms. The molecule has 2 unspecified atom stereocenters. The Bertz CT molecular complexity index is 418. The maximum atomic E-state index is 11.7. The van der Waals surface area contributed by atoms with Crippen LogP contribution in [0.3, 0.4) is 0 Å². The third kappa shape index (κ3) is 1.75. The summed E-state index contributed by atoms with van der Waals surface area (Å²) in [5.74, 6) is -0.909. The summed E-state index contributed by atoms with van der Waals surface area (Å²) in [5.41, 5.74) is 1.02. The molecule has 0 aliphatic carbocycles. The van der Waals surface area contributed by atoms with Crippen LogP contribution in [-0.2, 0) is 9.59 Å². The molecule has 2 rings (SSSR count). The first kappa shape index (κ1) is 10.9. The highest BCUT2D eigenvalue weighted by Gasteiger charge is 2.36. The number of piperidine rings is 1. The summed E-state index contributed by atoms with van der Waals surface area (Å²) in [5, 5.41) is 0. The van der Waals surface area contributed by atoms with Crippen LogP contribution in [0.15, 0.2) is 30.3 Å². The Morgan fingerprint density at radius 3 is 2.50 bits per heavy atom. The fourth-order valence-corrected chi connectivity index (χ4v) is 2.08. The van der Waals surface area contributed by atoms with Crippen molar-refractivity contribution in [3.8, 4) is 0 Å². The summed E-state index contributed by atoms with van der Waals surface area (Å²) >= 11 is 0. The number of nitrogens with zero attached hydrogens (tertiary/aromatic N) is 1. The molecule has 2 atom stereocenters. The normalized spacial score (nSPS) is 25.9. The quantitative estimate of drug-likeness (QED) is 0.520. The lowest BCUT2D eigenvalue weighted by atomic mass is 9.80. The second-order valence-electron chi connectivity index (χ2n) is 4.11. The van der Waals surface area contributed by atoms with Gasteiger partial charge in [0.25, 0.3) is 0 Å². The number of imide groups is 1. The van der Waals surface area contributed by atoms with Gasteiger partial charge in [-0.25, -0.2) is 0 Å². The van der Waals surface area contributed by atoms with E-state index in [9.17, 15) is 9.59 Å². The van der Waals surface area contributed by atoms with E-state index in [1.54, 1.807) is 0 Å². The molecular weight excluding hydrogens is 201 g/mol. The van der Waals surface area contributed by atoms with Crippen LogP contribution in [0.5, 0.6) is 0 Å². The number of hydrogen-bond donors (Lipinski definition) is 0. The summed E-state index contributed by atoms with van der Waals surface area (Å²) in [6, 6.07) is 9.61. The summed E-state index contributed by atoms with van der Waals surface area (Å²) in [6.45, 7) is 1.81. The second kappa shape index (κ2) is 4.12. The van der Waals surface area contributed by atoms with Gasteiger partial charge in [0.1, 0.15) is 0 Å². The highest BCUT2D eigenvalue weighted by Crippen LogP contribution is 2.33. The molecule has 2 radical (unpaired) electrons. The van der Waals surface area contributed by atoms with Crippen LogP contribution in [0.4, 0.5) is 0 Å². The average molecular weight is 213 g/mol. The molecule has 0 N–H and O–H groups in total. The van der Waals surface area contributed by atoms with Crippen LogP contribution < -0.4 is 0 Å². The molecule has 2 amide bonds. The predicted octanol–water partition coefficient (Wildman–Crippen LogP) is 1.25. The van der Waals surface area contributed by atoms with Crippen molar-refractivity contribution in [2.45, 2.75) is 19.3 Å². The Morgan fingerprint density at radius 2 is 1.88 bits per heavy atom. The third-order valence-electron chi connectivity index (χ3n) is 3.12. The van der Waals surface area contributed by atoms with Gasteiger partial charge in [0, 0.05) is 18.3 Å². The van der Waals surface area contributed by atoms with Crippen molar-refractivity contribution in [2.75, 3.05) is 0 Å². The lowest BCUT2D eigenvalue weighted by Gasteiger charge is -2.33. The van der Waals surface area contributed by atoms with E-state index >= 15 is 0 Å². The van der Waals surface area contributed by atoms with E-state index in [-0.39, 0.29) is 23.7 Å². The molecule has 1 aliphatic rings. The Kier molecular flexibility index (Phi) is 2.81. The van der Waals surface area contributed by atoms with Crippen molar-refractivity contribution in [1.82, 2.24) is 4.81 Å². The zero-order valence-electron chi connectivity index (χ0n) is 9.09. The van der Waals surface area contributed by atoms with Gasteiger partial charge in [-0.3, -0.25) is 9.59 Å². The van der Waals surface area contributed by atoms with Gasteiger partial charge in [-0.15, -0.1) is 0 Å². The zero-order valence-corrected chi connectivity index (χ0v) is 9.09. The van der Waals surface area contributed by atoms with Crippen molar-refractivity contribution in [1.29, 1.82) is 0 Å². The van der Waals surface area contributed by atoms with Crippen molar-refractivity contribution in [2.24, 2.45) is 5.92 Å². The lowest BCUT2D eigenvalue weighted by molar-refractivity contribution is -0.145. The molecule has 4 heteroatoms. The largest absolute Gasteiger partial charge is 0.340 e. The van der Waals surface area contributed by atoms with Crippen LogP contribution in [0.25, 0.3) is 0 Å². The smallest absolute Gasteiger partial charge is 0.242 e. The van der Waals surface area contributed by atoms with Crippen LogP contribution in [0, 0.1) is 5.92 Å². The average Bonchev–Trinajstić information content (AvgIpc) is 2.32. The molecule has 1 fully saturated rings. The third-order valence-corrected chi connectivity index (χ3v) is 3.12. The first-order valence-corrected chi connectivity index (χ1v) is 5.27. The molecule has 0 saturated carbocycles. The molecule has 3 nitrogen and oxygen atoms in total. The molecule has 0 aromatic heterocycles. The van der Waals surface area contributed by atoms with Crippen LogP contribution in [-0.4, -0.2) is 24.6 Å². The molecule has 0 bridgehead atoms. The highest BCUT2D eigenvalue weighted by molar-refractivity contribution is 6.25. The molecule has 1 aromatic carbocycles. The van der Waals surface area contributed by atoms with Crippen molar-refractivity contribution >= 4 is 19.8 Å². The van der Waals surface area contributed by atoms with Gasteiger partial charge in [0.05, 0.1) is 0 Å². The topological polar surface area (TPSA) is 37.4 Å². The molecular formula is C12H12BNO2. The first-order valence-electron chi connectivity index (χ1n) is 5.27. The highest BCUT2D eigenvalue weighted by atomic mass is 16.2. The molecule has 1 heterocycles. The van der Waals surface area contributed by atoms with Gasteiger partial charge in [-0.2, -0.15) is 0 Å². The van der Waals surface area contributed by atoms with E-state index in [1.807, 2.05) is 37.3 Å². The number of hydrogen-bond acceptors (Lipinski definition) is 2. The van der Waals surface area contributed by atoms with E-state index in [1.165, 1.54) is 0 Å². The second-order valence-corrected chi connectivity index (χ2v) is 4.11. The maximum Gasteiger partial charge on any atom is 0.242 e. The SMILES string of the molecule is [B]N1C(=O)CC(c2ccccc2)C(C)C1=O. The zero-order chi connectivity index (χ0) is 11.7.